The number of nitrogens with one attached hydrogen (secondary N) is 1. The Bertz CT molecular complexity index is 961. The van der Waals surface area contributed by atoms with Crippen molar-refractivity contribution in [2.24, 2.45) is 0 Å². The Labute approximate surface area is 164 Å². The van der Waals surface area contributed by atoms with Gasteiger partial charge in [-0.25, -0.2) is 4.79 Å². The molecule has 0 aliphatic heterocycles. The smallest absolute Gasteiger partial charge is 0.338 e. The topological polar surface area (TPSA) is 64.6 Å². The summed E-state index contributed by atoms with van der Waals surface area (Å²) in [5.74, 6) is 0.0585. The van der Waals surface area contributed by atoms with E-state index in [1.54, 1.807) is 31.2 Å². The average Bonchev–Trinajstić information content (AvgIpc) is 2.72. The van der Waals surface area contributed by atoms with Gasteiger partial charge >= 0.3 is 5.97 Å². The zero-order chi connectivity index (χ0) is 19.9. The lowest BCUT2D eigenvalue weighted by Crippen LogP contribution is -2.32. The standard InChI is InChI=1S/C23H23NO4/c1-3-20(28-21-11-7-9-16-8-5-6-10-19(16)21)22(25)24-18-14-12-17(13-15-18)23(26)27-4-2/h5-15,20H,3-4H2,1-2H3,(H,24,25)/t20-/m1/s1. The van der Waals surface area contributed by atoms with Crippen LogP contribution in [-0.4, -0.2) is 24.6 Å². The largest absolute Gasteiger partial charge is 0.480 e. The van der Waals surface area contributed by atoms with Crippen molar-refractivity contribution in [1.29, 1.82) is 0 Å². The van der Waals surface area contributed by atoms with Gasteiger partial charge in [0.25, 0.3) is 5.91 Å². The first-order valence-electron chi connectivity index (χ1n) is 9.34. The Balaban J connectivity index is 1.70. The summed E-state index contributed by atoms with van der Waals surface area (Å²) in [6.45, 7) is 3.98. The van der Waals surface area contributed by atoms with Crippen LogP contribution in [0.15, 0.2) is 66.7 Å². The second-order valence-electron chi connectivity index (χ2n) is 6.28. The lowest BCUT2D eigenvalue weighted by molar-refractivity contribution is -0.122. The highest BCUT2D eigenvalue weighted by Gasteiger charge is 2.19. The lowest BCUT2D eigenvalue weighted by Gasteiger charge is -2.18. The highest BCUT2D eigenvalue weighted by Crippen LogP contribution is 2.26. The van der Waals surface area contributed by atoms with Gasteiger partial charge in [-0.05, 0) is 49.1 Å². The van der Waals surface area contributed by atoms with Crippen LogP contribution in [0.5, 0.6) is 5.75 Å². The number of ether oxygens (including phenoxy) is 2. The number of esters is 1. The number of hydrogen-bond donors (Lipinski definition) is 1. The number of carbonyl (C=O) groups is 2. The minimum absolute atomic E-state index is 0.237. The summed E-state index contributed by atoms with van der Waals surface area (Å²) < 4.78 is 11.0. The Hall–Kier alpha value is -3.34. The van der Waals surface area contributed by atoms with E-state index < -0.39 is 6.10 Å². The SMILES string of the molecule is CCOC(=O)c1ccc(NC(=O)[C@@H](CC)Oc2cccc3ccccc23)cc1. The van der Waals surface area contributed by atoms with Gasteiger partial charge in [0, 0.05) is 11.1 Å². The van der Waals surface area contributed by atoms with E-state index in [2.05, 4.69) is 5.32 Å². The van der Waals surface area contributed by atoms with Crippen LogP contribution < -0.4 is 10.1 Å². The van der Waals surface area contributed by atoms with E-state index >= 15 is 0 Å². The quantitative estimate of drug-likeness (QED) is 0.600. The lowest BCUT2D eigenvalue weighted by atomic mass is 10.1. The monoisotopic (exact) mass is 377 g/mol. The van der Waals surface area contributed by atoms with Crippen LogP contribution in [0, 0.1) is 0 Å². The van der Waals surface area contributed by atoms with E-state index in [1.165, 1.54) is 0 Å². The van der Waals surface area contributed by atoms with Gasteiger partial charge in [0.15, 0.2) is 6.10 Å². The number of fused-ring (bicyclic) bond motifs is 1. The molecular formula is C23H23NO4. The first-order valence-corrected chi connectivity index (χ1v) is 9.34. The van der Waals surface area contributed by atoms with E-state index in [9.17, 15) is 9.59 Å². The highest BCUT2D eigenvalue weighted by atomic mass is 16.5. The maximum atomic E-state index is 12.7. The van der Waals surface area contributed by atoms with Crippen LogP contribution in [0.4, 0.5) is 5.69 Å². The van der Waals surface area contributed by atoms with Crippen molar-refractivity contribution in [3.63, 3.8) is 0 Å². The summed E-state index contributed by atoms with van der Waals surface area (Å²) in [5, 5.41) is 4.87. The summed E-state index contributed by atoms with van der Waals surface area (Å²) in [5.41, 5.74) is 1.04. The molecule has 0 spiro atoms. The average molecular weight is 377 g/mol. The van der Waals surface area contributed by atoms with Gasteiger partial charge in [-0.15, -0.1) is 0 Å². The molecule has 1 N–H and O–H groups in total. The number of carbonyl (C=O) groups excluding carboxylic acids is 2. The molecule has 0 heterocycles. The number of rotatable bonds is 7. The Kier molecular flexibility index (Phi) is 6.27. The fourth-order valence-electron chi connectivity index (χ4n) is 2.90. The molecule has 3 aromatic carbocycles. The van der Waals surface area contributed by atoms with Crippen molar-refractivity contribution in [2.75, 3.05) is 11.9 Å². The maximum absolute atomic E-state index is 12.7. The van der Waals surface area contributed by atoms with Crippen LogP contribution in [0.1, 0.15) is 30.6 Å². The normalized spacial score (nSPS) is 11.6. The molecule has 0 saturated heterocycles. The molecule has 1 amide bonds. The minimum atomic E-state index is -0.629. The van der Waals surface area contributed by atoms with Gasteiger partial charge < -0.3 is 14.8 Å². The van der Waals surface area contributed by atoms with Gasteiger partial charge in [-0.2, -0.15) is 0 Å². The third-order valence-corrected chi connectivity index (χ3v) is 4.35. The van der Waals surface area contributed by atoms with Crippen LogP contribution in [0.25, 0.3) is 10.8 Å². The Morgan fingerprint density at radius 2 is 1.64 bits per heavy atom. The summed E-state index contributed by atoms with van der Waals surface area (Å²) in [4.78, 5) is 24.4. The molecule has 0 aromatic heterocycles. The third kappa shape index (κ3) is 4.49. The van der Waals surface area contributed by atoms with Gasteiger partial charge in [-0.1, -0.05) is 43.3 Å². The van der Waals surface area contributed by atoms with E-state index in [4.69, 9.17) is 9.47 Å². The van der Waals surface area contributed by atoms with Crippen LogP contribution in [-0.2, 0) is 9.53 Å². The fraction of sp³-hybridized carbons (Fsp3) is 0.217. The first-order chi connectivity index (χ1) is 13.6. The molecule has 5 nitrogen and oxygen atoms in total. The second-order valence-corrected chi connectivity index (χ2v) is 6.28. The Morgan fingerprint density at radius 3 is 2.36 bits per heavy atom. The molecule has 144 valence electrons. The van der Waals surface area contributed by atoms with Gasteiger partial charge in [0.05, 0.1) is 12.2 Å². The van der Waals surface area contributed by atoms with Gasteiger partial charge in [0.1, 0.15) is 5.75 Å². The first kappa shape index (κ1) is 19.4. The zero-order valence-electron chi connectivity index (χ0n) is 16.0. The summed E-state index contributed by atoms with van der Waals surface area (Å²) in [6.07, 6.45) is -0.105. The number of amides is 1. The minimum Gasteiger partial charge on any atom is -0.480 e. The molecule has 0 unspecified atom stereocenters. The van der Waals surface area contributed by atoms with Crippen molar-refractivity contribution in [3.05, 3.63) is 72.3 Å². The maximum Gasteiger partial charge on any atom is 0.338 e. The van der Waals surface area contributed by atoms with Crippen LogP contribution in [0.3, 0.4) is 0 Å². The predicted octanol–water partition coefficient (Wildman–Crippen LogP) is 4.81. The molecular weight excluding hydrogens is 354 g/mol. The molecule has 0 fully saturated rings. The van der Waals surface area contributed by atoms with Gasteiger partial charge in [0.2, 0.25) is 0 Å². The van der Waals surface area contributed by atoms with E-state index in [0.29, 0.717) is 30.0 Å². The van der Waals surface area contributed by atoms with Crippen LogP contribution in [0.2, 0.25) is 0 Å². The molecule has 3 rings (SSSR count). The Morgan fingerprint density at radius 1 is 0.929 bits per heavy atom. The number of anilines is 1. The summed E-state index contributed by atoms with van der Waals surface area (Å²) in [7, 11) is 0. The van der Waals surface area contributed by atoms with E-state index in [0.717, 1.165) is 10.8 Å². The van der Waals surface area contributed by atoms with Crippen molar-refractivity contribution in [1.82, 2.24) is 0 Å². The number of benzene rings is 3. The summed E-state index contributed by atoms with van der Waals surface area (Å²) in [6, 6.07) is 20.3. The van der Waals surface area contributed by atoms with Crippen LogP contribution >= 0.6 is 0 Å². The molecule has 0 bridgehead atoms. The molecule has 5 heteroatoms. The van der Waals surface area contributed by atoms with Crippen molar-refractivity contribution >= 4 is 28.3 Å². The van der Waals surface area contributed by atoms with Crippen molar-refractivity contribution < 1.29 is 19.1 Å². The van der Waals surface area contributed by atoms with E-state index in [1.807, 2.05) is 49.4 Å². The fourth-order valence-corrected chi connectivity index (χ4v) is 2.90. The predicted molar refractivity (Wildman–Crippen MR) is 110 cm³/mol. The molecule has 28 heavy (non-hydrogen) atoms. The number of hydrogen-bond acceptors (Lipinski definition) is 4. The van der Waals surface area contributed by atoms with Crippen molar-refractivity contribution in [2.45, 2.75) is 26.4 Å². The molecule has 0 aliphatic carbocycles. The molecule has 0 saturated carbocycles. The summed E-state index contributed by atoms with van der Waals surface area (Å²) >= 11 is 0. The molecule has 3 aromatic rings. The second kappa shape index (κ2) is 9.04. The highest BCUT2D eigenvalue weighted by molar-refractivity contribution is 5.96. The zero-order valence-corrected chi connectivity index (χ0v) is 16.0. The molecule has 0 aliphatic rings. The molecule has 1 atom stereocenters. The molecule has 0 radical (unpaired) electrons. The third-order valence-electron chi connectivity index (χ3n) is 4.35. The van der Waals surface area contributed by atoms with Gasteiger partial charge in [-0.3, -0.25) is 4.79 Å². The van der Waals surface area contributed by atoms with E-state index in [-0.39, 0.29) is 11.9 Å². The van der Waals surface area contributed by atoms with Crippen molar-refractivity contribution in [3.8, 4) is 5.75 Å².